The Morgan fingerprint density at radius 2 is 1.94 bits per heavy atom. The number of hydrogen-bond acceptors (Lipinski definition) is 3. The lowest BCUT2D eigenvalue weighted by Crippen LogP contribution is -2.42. The monoisotopic (exact) mass is 237 g/mol. The largest absolute Gasteiger partial charge is 0.375 e. The third-order valence-electron chi connectivity index (χ3n) is 5.15. The van der Waals surface area contributed by atoms with Crippen molar-refractivity contribution in [2.75, 3.05) is 13.2 Å². The topological polar surface area (TPSA) is 52.3 Å². The van der Waals surface area contributed by atoms with E-state index in [1.54, 1.807) is 0 Å². The maximum Gasteiger partial charge on any atom is 0.143 e. The van der Waals surface area contributed by atoms with Gasteiger partial charge in [-0.05, 0) is 38.5 Å². The van der Waals surface area contributed by atoms with E-state index in [0.29, 0.717) is 12.3 Å². The lowest BCUT2D eigenvalue weighted by molar-refractivity contribution is -0.141. The molecule has 3 heteroatoms. The van der Waals surface area contributed by atoms with Gasteiger partial charge < -0.3 is 10.5 Å². The molecule has 0 aromatic carbocycles. The summed E-state index contributed by atoms with van der Waals surface area (Å²) in [4.78, 5) is 12.5. The van der Waals surface area contributed by atoms with Gasteiger partial charge in [0.25, 0.3) is 0 Å². The molecule has 3 aliphatic rings. The molecule has 17 heavy (non-hydrogen) atoms. The average Bonchev–Trinajstić information content (AvgIpc) is 3.05. The first-order chi connectivity index (χ1) is 8.20. The van der Waals surface area contributed by atoms with Crippen molar-refractivity contribution < 1.29 is 9.53 Å². The van der Waals surface area contributed by atoms with E-state index in [9.17, 15) is 4.79 Å². The van der Waals surface area contributed by atoms with Crippen molar-refractivity contribution in [2.45, 2.75) is 57.0 Å². The lowest BCUT2D eigenvalue weighted by atomic mass is 9.78. The molecule has 0 bridgehead atoms. The van der Waals surface area contributed by atoms with Crippen LogP contribution in [0.25, 0.3) is 0 Å². The van der Waals surface area contributed by atoms with Gasteiger partial charge in [0.1, 0.15) is 5.78 Å². The number of carbonyl (C=O) groups is 1. The van der Waals surface area contributed by atoms with Gasteiger partial charge in [0.05, 0.1) is 5.60 Å². The summed E-state index contributed by atoms with van der Waals surface area (Å²) >= 11 is 0. The average molecular weight is 237 g/mol. The minimum atomic E-state index is -0.123. The van der Waals surface area contributed by atoms with E-state index in [-0.39, 0.29) is 16.9 Å². The van der Waals surface area contributed by atoms with Crippen LogP contribution in [0.2, 0.25) is 0 Å². The first-order valence-electron chi connectivity index (χ1n) is 7.08. The summed E-state index contributed by atoms with van der Waals surface area (Å²) < 4.78 is 5.99. The molecule has 1 saturated heterocycles. The fourth-order valence-corrected chi connectivity index (χ4v) is 3.75. The number of nitrogens with two attached hydrogens (primary N) is 1. The smallest absolute Gasteiger partial charge is 0.143 e. The van der Waals surface area contributed by atoms with Crippen molar-refractivity contribution in [3.8, 4) is 0 Å². The molecule has 3 rings (SSSR count). The molecule has 1 heterocycles. The molecule has 0 aromatic heterocycles. The second kappa shape index (κ2) is 4.06. The van der Waals surface area contributed by atoms with Crippen LogP contribution in [0.1, 0.15) is 51.4 Å². The van der Waals surface area contributed by atoms with Gasteiger partial charge in [-0.1, -0.05) is 12.8 Å². The Bertz CT molecular complexity index is 316. The maximum absolute atomic E-state index is 12.5. The third kappa shape index (κ3) is 1.93. The molecule has 1 aliphatic heterocycles. The van der Waals surface area contributed by atoms with Gasteiger partial charge in [0.15, 0.2) is 0 Å². The fraction of sp³-hybridized carbons (Fsp3) is 0.929. The van der Waals surface area contributed by atoms with E-state index < -0.39 is 0 Å². The second-order valence-electron chi connectivity index (χ2n) is 6.28. The SMILES string of the molecule is NCC1(C(=O)C2CCOC3(CCCC3)C2)CC1. The van der Waals surface area contributed by atoms with E-state index in [1.807, 2.05) is 0 Å². The molecular weight excluding hydrogens is 214 g/mol. The Labute approximate surface area is 103 Å². The third-order valence-corrected chi connectivity index (χ3v) is 5.15. The van der Waals surface area contributed by atoms with Crippen molar-refractivity contribution in [1.29, 1.82) is 0 Å². The van der Waals surface area contributed by atoms with Gasteiger partial charge in [-0.3, -0.25) is 4.79 Å². The number of ketones is 1. The molecule has 0 amide bonds. The zero-order valence-corrected chi connectivity index (χ0v) is 10.5. The molecule has 0 radical (unpaired) electrons. The van der Waals surface area contributed by atoms with E-state index in [0.717, 1.165) is 45.1 Å². The van der Waals surface area contributed by atoms with Gasteiger partial charge in [0.2, 0.25) is 0 Å². The first-order valence-corrected chi connectivity index (χ1v) is 7.08. The highest BCUT2D eigenvalue weighted by atomic mass is 16.5. The summed E-state index contributed by atoms with van der Waals surface area (Å²) in [5.74, 6) is 0.683. The van der Waals surface area contributed by atoms with Gasteiger partial charge in [-0.15, -0.1) is 0 Å². The molecule has 1 unspecified atom stereocenters. The standard InChI is InChI=1S/C14H23NO2/c15-10-13(6-7-13)12(16)11-3-8-17-14(9-11)4-1-2-5-14/h11H,1-10,15H2. The number of ether oxygens (including phenoxy) is 1. The highest BCUT2D eigenvalue weighted by Gasteiger charge is 2.53. The number of carbonyl (C=O) groups excluding carboxylic acids is 1. The van der Waals surface area contributed by atoms with Crippen LogP contribution < -0.4 is 5.73 Å². The molecule has 3 nitrogen and oxygen atoms in total. The van der Waals surface area contributed by atoms with Gasteiger partial charge >= 0.3 is 0 Å². The Morgan fingerprint density at radius 1 is 1.24 bits per heavy atom. The molecule has 0 aromatic rings. The zero-order valence-electron chi connectivity index (χ0n) is 10.5. The number of hydrogen-bond donors (Lipinski definition) is 1. The van der Waals surface area contributed by atoms with Crippen molar-refractivity contribution in [3.63, 3.8) is 0 Å². The fourth-order valence-electron chi connectivity index (χ4n) is 3.75. The zero-order chi connectivity index (χ0) is 11.9. The molecule has 2 aliphatic carbocycles. The van der Waals surface area contributed by atoms with Gasteiger partial charge in [0, 0.05) is 24.5 Å². The molecule has 2 N–H and O–H groups in total. The lowest BCUT2D eigenvalue weighted by Gasteiger charge is -2.38. The minimum absolute atomic E-state index is 0.0588. The van der Waals surface area contributed by atoms with E-state index in [2.05, 4.69) is 0 Å². The normalized spacial score (nSPS) is 33.8. The van der Waals surface area contributed by atoms with Crippen molar-refractivity contribution in [3.05, 3.63) is 0 Å². The summed E-state index contributed by atoms with van der Waals surface area (Å²) in [6, 6.07) is 0. The van der Waals surface area contributed by atoms with E-state index in [1.165, 1.54) is 12.8 Å². The highest BCUT2D eigenvalue weighted by Crippen LogP contribution is 2.51. The van der Waals surface area contributed by atoms with Crippen LogP contribution in [0.5, 0.6) is 0 Å². The highest BCUT2D eigenvalue weighted by molar-refractivity contribution is 5.89. The van der Waals surface area contributed by atoms with Crippen molar-refractivity contribution in [1.82, 2.24) is 0 Å². The van der Waals surface area contributed by atoms with Crippen molar-refractivity contribution >= 4 is 5.78 Å². The summed E-state index contributed by atoms with van der Waals surface area (Å²) in [6.07, 6.45) is 8.78. The number of rotatable bonds is 3. The van der Waals surface area contributed by atoms with Gasteiger partial charge in [-0.25, -0.2) is 0 Å². The Morgan fingerprint density at radius 3 is 2.53 bits per heavy atom. The van der Waals surface area contributed by atoms with Crippen LogP contribution in [0.3, 0.4) is 0 Å². The minimum Gasteiger partial charge on any atom is -0.375 e. The van der Waals surface area contributed by atoms with Crippen LogP contribution >= 0.6 is 0 Å². The van der Waals surface area contributed by atoms with Crippen LogP contribution in [-0.4, -0.2) is 24.5 Å². The molecule has 1 atom stereocenters. The van der Waals surface area contributed by atoms with Crippen LogP contribution in [-0.2, 0) is 9.53 Å². The Kier molecular flexibility index (Phi) is 2.79. The van der Waals surface area contributed by atoms with Crippen LogP contribution in [0.15, 0.2) is 0 Å². The summed E-state index contributed by atoms with van der Waals surface area (Å²) in [6.45, 7) is 1.33. The van der Waals surface area contributed by atoms with Crippen LogP contribution in [0.4, 0.5) is 0 Å². The predicted octanol–water partition coefficient (Wildman–Crippen LogP) is 2.03. The maximum atomic E-state index is 12.5. The van der Waals surface area contributed by atoms with E-state index >= 15 is 0 Å². The summed E-state index contributed by atoms with van der Waals surface area (Å²) in [5.41, 5.74) is 5.70. The Hall–Kier alpha value is -0.410. The van der Waals surface area contributed by atoms with Gasteiger partial charge in [-0.2, -0.15) is 0 Å². The molecule has 2 saturated carbocycles. The summed E-state index contributed by atoms with van der Waals surface area (Å²) in [7, 11) is 0. The summed E-state index contributed by atoms with van der Waals surface area (Å²) in [5, 5.41) is 0. The van der Waals surface area contributed by atoms with Crippen molar-refractivity contribution in [2.24, 2.45) is 17.1 Å². The molecule has 1 spiro atoms. The first kappa shape index (κ1) is 11.7. The molecule has 3 fully saturated rings. The van der Waals surface area contributed by atoms with E-state index in [4.69, 9.17) is 10.5 Å². The predicted molar refractivity (Wildman–Crippen MR) is 65.6 cm³/mol. The number of Topliss-reactive ketones (excluding diaryl/α,β-unsaturated/α-hetero) is 1. The molecule has 96 valence electrons. The van der Waals surface area contributed by atoms with Crippen LogP contribution in [0, 0.1) is 11.3 Å². The second-order valence-corrected chi connectivity index (χ2v) is 6.28. The molecular formula is C14H23NO2. The Balaban J connectivity index is 1.69. The quantitative estimate of drug-likeness (QED) is 0.817.